The number of carbonyl (C=O) groups is 1. The molecule has 0 bridgehead atoms. The molecule has 0 saturated carbocycles. The largest absolute Gasteiger partial charge is 0.478 e. The topological polar surface area (TPSA) is 61.4 Å². The van der Waals surface area contributed by atoms with Gasteiger partial charge in [0.2, 0.25) is 0 Å². The Labute approximate surface area is 95.7 Å². The van der Waals surface area contributed by atoms with Gasteiger partial charge in [0.1, 0.15) is 0 Å². The minimum atomic E-state index is -0.879. The molecule has 1 saturated heterocycles. The Morgan fingerprint density at radius 3 is 2.06 bits per heavy atom. The highest BCUT2D eigenvalue weighted by Gasteiger charge is 1.96. The van der Waals surface area contributed by atoms with Crippen LogP contribution in [0.15, 0.2) is 30.3 Å². The third-order valence-corrected chi connectivity index (χ3v) is 2.23. The number of carboxylic acid groups (broad SMARTS) is 1. The first-order valence-corrected chi connectivity index (χ1v) is 5.50. The summed E-state index contributed by atoms with van der Waals surface area (Å²) in [6, 6.07) is 8.30. The molecule has 1 aliphatic heterocycles. The molecule has 0 spiro atoms. The van der Waals surface area contributed by atoms with E-state index in [1.54, 1.807) is 30.3 Å². The van der Waals surface area contributed by atoms with Crippen LogP contribution in [0.4, 0.5) is 0 Å². The summed E-state index contributed by atoms with van der Waals surface area (Å²) in [5, 5.41) is 14.9. The summed E-state index contributed by atoms with van der Waals surface area (Å²) in [4.78, 5) is 10.2. The summed E-state index contributed by atoms with van der Waals surface area (Å²) in [5.74, 6) is -0.879. The first-order chi connectivity index (χ1) is 7.80. The summed E-state index contributed by atoms with van der Waals surface area (Å²) in [6.45, 7) is 3.38. The van der Waals surface area contributed by atoms with Crippen molar-refractivity contribution in [1.29, 1.82) is 0 Å². The third kappa shape index (κ3) is 5.48. The molecule has 0 aromatic heterocycles. The molecule has 1 aliphatic rings. The monoisotopic (exact) mass is 222 g/mol. The molecule has 0 aliphatic carbocycles. The summed E-state index contributed by atoms with van der Waals surface area (Å²) in [5.41, 5.74) is 0.331. The summed E-state index contributed by atoms with van der Waals surface area (Å²) in [7, 11) is 0. The second kappa shape index (κ2) is 7.84. The van der Waals surface area contributed by atoms with Crippen LogP contribution in [0.5, 0.6) is 0 Å². The van der Waals surface area contributed by atoms with Crippen molar-refractivity contribution in [2.45, 2.75) is 12.8 Å². The minimum Gasteiger partial charge on any atom is -0.478 e. The summed E-state index contributed by atoms with van der Waals surface area (Å²) < 4.78 is 0. The SMILES string of the molecule is C1CCNCNC1.O=C(O)c1ccccc1. The molecule has 1 fully saturated rings. The lowest BCUT2D eigenvalue weighted by molar-refractivity contribution is 0.0697. The van der Waals surface area contributed by atoms with Crippen molar-refractivity contribution in [3.63, 3.8) is 0 Å². The zero-order chi connectivity index (χ0) is 11.6. The Balaban J connectivity index is 0.000000165. The Morgan fingerprint density at radius 2 is 1.62 bits per heavy atom. The number of hydrogen-bond donors (Lipinski definition) is 3. The quantitative estimate of drug-likeness (QED) is 0.670. The van der Waals surface area contributed by atoms with E-state index in [-0.39, 0.29) is 0 Å². The van der Waals surface area contributed by atoms with E-state index in [9.17, 15) is 4.79 Å². The molecule has 88 valence electrons. The second-order valence-corrected chi connectivity index (χ2v) is 3.56. The van der Waals surface area contributed by atoms with Crippen LogP contribution in [0.25, 0.3) is 0 Å². The molecule has 3 N–H and O–H groups in total. The van der Waals surface area contributed by atoms with Gasteiger partial charge in [0.15, 0.2) is 0 Å². The molecule has 1 heterocycles. The standard InChI is InChI=1S/C7H6O2.C5H12N2/c8-7(9)6-4-2-1-3-5-6;1-2-4-7-5-6-3-1/h1-5H,(H,8,9);6-7H,1-5H2. The number of hydrogen-bond acceptors (Lipinski definition) is 3. The maximum Gasteiger partial charge on any atom is 0.335 e. The van der Waals surface area contributed by atoms with Crippen LogP contribution in [0.2, 0.25) is 0 Å². The van der Waals surface area contributed by atoms with Crippen molar-refractivity contribution in [3.8, 4) is 0 Å². The highest BCUT2D eigenvalue weighted by molar-refractivity contribution is 5.87. The van der Waals surface area contributed by atoms with Crippen molar-refractivity contribution < 1.29 is 9.90 Å². The number of benzene rings is 1. The fourth-order valence-electron chi connectivity index (χ4n) is 1.35. The molecular formula is C12H18N2O2. The zero-order valence-electron chi connectivity index (χ0n) is 9.28. The highest BCUT2D eigenvalue weighted by atomic mass is 16.4. The number of nitrogens with one attached hydrogen (secondary N) is 2. The smallest absolute Gasteiger partial charge is 0.335 e. The Morgan fingerprint density at radius 1 is 1.06 bits per heavy atom. The van der Waals surface area contributed by atoms with Crippen LogP contribution in [0, 0.1) is 0 Å². The van der Waals surface area contributed by atoms with Crippen molar-refractivity contribution in [2.24, 2.45) is 0 Å². The van der Waals surface area contributed by atoms with E-state index in [2.05, 4.69) is 10.6 Å². The lowest BCUT2D eigenvalue weighted by Crippen LogP contribution is -2.25. The number of rotatable bonds is 1. The van der Waals surface area contributed by atoms with Gasteiger partial charge in [-0.1, -0.05) is 18.2 Å². The van der Waals surface area contributed by atoms with Gasteiger partial charge in [-0.3, -0.25) is 0 Å². The maximum absolute atomic E-state index is 10.2. The fourth-order valence-corrected chi connectivity index (χ4v) is 1.35. The average molecular weight is 222 g/mol. The number of aromatic carboxylic acids is 1. The van der Waals surface area contributed by atoms with Crippen molar-refractivity contribution >= 4 is 5.97 Å². The predicted molar refractivity (Wildman–Crippen MR) is 63.5 cm³/mol. The van der Waals surface area contributed by atoms with E-state index in [1.165, 1.54) is 25.9 Å². The van der Waals surface area contributed by atoms with Crippen molar-refractivity contribution in [2.75, 3.05) is 19.8 Å². The van der Waals surface area contributed by atoms with Gasteiger partial charge in [-0.05, 0) is 38.1 Å². The number of carboxylic acids is 1. The molecule has 0 radical (unpaired) electrons. The fraction of sp³-hybridized carbons (Fsp3) is 0.417. The predicted octanol–water partition coefficient (Wildman–Crippen LogP) is 1.30. The maximum atomic E-state index is 10.2. The first-order valence-electron chi connectivity index (χ1n) is 5.50. The van der Waals surface area contributed by atoms with Crippen LogP contribution < -0.4 is 10.6 Å². The lowest BCUT2D eigenvalue weighted by Gasteiger charge is -1.94. The van der Waals surface area contributed by atoms with Crippen LogP contribution in [0.3, 0.4) is 0 Å². The van der Waals surface area contributed by atoms with Gasteiger partial charge >= 0.3 is 5.97 Å². The van der Waals surface area contributed by atoms with E-state index in [0.717, 1.165) is 6.67 Å². The van der Waals surface area contributed by atoms with Gasteiger partial charge in [0, 0.05) is 6.67 Å². The molecule has 0 atom stereocenters. The molecule has 1 aromatic carbocycles. The Bertz CT molecular complexity index is 281. The molecule has 0 amide bonds. The van der Waals surface area contributed by atoms with Gasteiger partial charge < -0.3 is 15.7 Å². The molecule has 16 heavy (non-hydrogen) atoms. The van der Waals surface area contributed by atoms with Crippen LogP contribution in [-0.4, -0.2) is 30.8 Å². The van der Waals surface area contributed by atoms with Crippen molar-refractivity contribution in [3.05, 3.63) is 35.9 Å². The average Bonchev–Trinajstić information content (AvgIpc) is 2.63. The molecule has 2 rings (SSSR count). The minimum absolute atomic E-state index is 0.331. The lowest BCUT2D eigenvalue weighted by atomic mass is 10.2. The zero-order valence-corrected chi connectivity index (χ0v) is 9.28. The van der Waals surface area contributed by atoms with Gasteiger partial charge in [0.25, 0.3) is 0 Å². The molecule has 1 aromatic rings. The van der Waals surface area contributed by atoms with E-state index in [0.29, 0.717) is 5.56 Å². The molecular weight excluding hydrogens is 204 g/mol. The van der Waals surface area contributed by atoms with E-state index < -0.39 is 5.97 Å². The summed E-state index contributed by atoms with van der Waals surface area (Å²) in [6.07, 6.45) is 2.65. The molecule has 0 unspecified atom stereocenters. The Kier molecular flexibility index (Phi) is 6.22. The summed E-state index contributed by atoms with van der Waals surface area (Å²) >= 11 is 0. The highest BCUT2D eigenvalue weighted by Crippen LogP contribution is 1.96. The van der Waals surface area contributed by atoms with Gasteiger partial charge in [-0.2, -0.15) is 0 Å². The van der Waals surface area contributed by atoms with Gasteiger partial charge in [-0.25, -0.2) is 4.79 Å². The van der Waals surface area contributed by atoms with Crippen LogP contribution >= 0.6 is 0 Å². The van der Waals surface area contributed by atoms with Crippen molar-refractivity contribution in [1.82, 2.24) is 10.6 Å². The molecule has 4 heteroatoms. The first kappa shape index (κ1) is 12.7. The molecule has 4 nitrogen and oxygen atoms in total. The Hall–Kier alpha value is -1.39. The second-order valence-electron chi connectivity index (χ2n) is 3.56. The van der Waals surface area contributed by atoms with Crippen LogP contribution in [-0.2, 0) is 0 Å². The van der Waals surface area contributed by atoms with E-state index >= 15 is 0 Å². The van der Waals surface area contributed by atoms with Crippen LogP contribution in [0.1, 0.15) is 23.2 Å². The van der Waals surface area contributed by atoms with Gasteiger partial charge in [0.05, 0.1) is 5.56 Å². The van der Waals surface area contributed by atoms with Gasteiger partial charge in [-0.15, -0.1) is 0 Å². The normalized spacial score (nSPS) is 15.5. The van der Waals surface area contributed by atoms with E-state index in [1.807, 2.05) is 0 Å². The van der Waals surface area contributed by atoms with E-state index in [4.69, 9.17) is 5.11 Å². The third-order valence-electron chi connectivity index (χ3n) is 2.23.